The van der Waals surface area contributed by atoms with Crippen LogP contribution in [0.3, 0.4) is 0 Å². The Morgan fingerprint density at radius 3 is 2.44 bits per heavy atom. The van der Waals surface area contributed by atoms with Gasteiger partial charge in [-0.05, 0) is 80.5 Å². The highest BCUT2D eigenvalue weighted by Gasteiger charge is 2.19. The van der Waals surface area contributed by atoms with Crippen LogP contribution < -0.4 is 0 Å². The smallest absolute Gasteiger partial charge is 0.159 e. The van der Waals surface area contributed by atoms with Gasteiger partial charge in [0.2, 0.25) is 0 Å². The monoisotopic (exact) mass is 402 g/mol. The molecule has 1 aromatic heterocycles. The van der Waals surface area contributed by atoms with Crippen LogP contribution in [0.25, 0.3) is 11.4 Å². The second-order valence-electron chi connectivity index (χ2n) is 7.58. The van der Waals surface area contributed by atoms with Crippen molar-refractivity contribution in [3.8, 4) is 11.4 Å². The van der Waals surface area contributed by atoms with E-state index in [4.69, 9.17) is 23.2 Å². The molecule has 0 saturated heterocycles. The number of hydrogen-bond acceptors (Lipinski definition) is 2. The van der Waals surface area contributed by atoms with E-state index in [9.17, 15) is 0 Å². The minimum atomic E-state index is 0.530. The molecule has 0 atom stereocenters. The average Bonchev–Trinajstić information content (AvgIpc) is 2.70. The highest BCUT2D eigenvalue weighted by Crippen LogP contribution is 2.32. The number of aromatic nitrogens is 2. The normalized spacial score (nSPS) is 20.3. The Kier molecular flexibility index (Phi) is 7.72. The summed E-state index contributed by atoms with van der Waals surface area (Å²) in [4.78, 5) is 9.03. The molecule has 0 unspecified atom stereocenters. The minimum Gasteiger partial charge on any atom is -0.236 e. The molecule has 27 heavy (non-hydrogen) atoms. The maximum Gasteiger partial charge on any atom is 0.159 e. The van der Waals surface area contributed by atoms with E-state index in [1.165, 1.54) is 50.5 Å². The van der Waals surface area contributed by atoms with Crippen LogP contribution in [0.5, 0.6) is 0 Å². The molecule has 4 heteroatoms. The molecular formula is C23H28Cl2N2. The Hall–Kier alpha value is -1.38. The Balaban J connectivity index is 1.47. The van der Waals surface area contributed by atoms with Gasteiger partial charge in [0.25, 0.3) is 0 Å². The lowest BCUT2D eigenvalue weighted by Gasteiger charge is -2.26. The molecule has 1 aliphatic rings. The topological polar surface area (TPSA) is 25.8 Å². The molecule has 1 fully saturated rings. The van der Waals surface area contributed by atoms with Crippen molar-refractivity contribution in [2.75, 3.05) is 0 Å². The van der Waals surface area contributed by atoms with Gasteiger partial charge in [-0.3, -0.25) is 0 Å². The van der Waals surface area contributed by atoms with Crippen LogP contribution in [0.4, 0.5) is 0 Å². The number of nitrogens with zero attached hydrogens (tertiary/aromatic N) is 2. The van der Waals surface area contributed by atoms with Gasteiger partial charge in [0.15, 0.2) is 5.82 Å². The molecule has 0 aliphatic heterocycles. The third kappa shape index (κ3) is 6.05. The maximum atomic E-state index is 6.08. The predicted octanol–water partition coefficient (Wildman–Crippen LogP) is 7.55. The van der Waals surface area contributed by atoms with Gasteiger partial charge in [0.1, 0.15) is 0 Å². The van der Waals surface area contributed by atoms with Crippen LogP contribution in [0.1, 0.15) is 57.4 Å². The van der Waals surface area contributed by atoms with Crippen LogP contribution in [0.2, 0.25) is 10.0 Å². The third-order valence-electron chi connectivity index (χ3n) is 5.48. The Morgan fingerprint density at radius 1 is 1.04 bits per heavy atom. The van der Waals surface area contributed by atoms with E-state index < -0.39 is 0 Å². The van der Waals surface area contributed by atoms with Crippen molar-refractivity contribution < 1.29 is 0 Å². The SMILES string of the molecule is CCC/C=C/C1CCC(CCc2cnc(-c3ccc(Cl)c(Cl)c3)nc2)CC1. The lowest BCUT2D eigenvalue weighted by atomic mass is 9.79. The first-order valence-corrected chi connectivity index (χ1v) is 10.8. The fourth-order valence-electron chi connectivity index (χ4n) is 3.76. The molecule has 144 valence electrons. The van der Waals surface area contributed by atoms with Crippen LogP contribution in [0, 0.1) is 11.8 Å². The maximum absolute atomic E-state index is 6.08. The molecule has 1 aromatic carbocycles. The van der Waals surface area contributed by atoms with Crippen molar-refractivity contribution in [3.63, 3.8) is 0 Å². The fraction of sp³-hybridized carbons (Fsp3) is 0.478. The van der Waals surface area contributed by atoms with Gasteiger partial charge in [0.05, 0.1) is 10.0 Å². The molecule has 1 saturated carbocycles. The first-order chi connectivity index (χ1) is 13.2. The van der Waals surface area contributed by atoms with Crippen molar-refractivity contribution in [2.45, 2.75) is 58.3 Å². The highest BCUT2D eigenvalue weighted by atomic mass is 35.5. The summed E-state index contributed by atoms with van der Waals surface area (Å²) in [7, 11) is 0. The summed E-state index contributed by atoms with van der Waals surface area (Å²) < 4.78 is 0. The highest BCUT2D eigenvalue weighted by molar-refractivity contribution is 6.42. The van der Waals surface area contributed by atoms with E-state index in [0.717, 1.165) is 23.8 Å². The molecule has 1 aliphatic carbocycles. The van der Waals surface area contributed by atoms with E-state index in [2.05, 4.69) is 29.0 Å². The number of allylic oxidation sites excluding steroid dienone is 2. The van der Waals surface area contributed by atoms with Gasteiger partial charge in [-0.1, -0.05) is 48.7 Å². The van der Waals surface area contributed by atoms with Gasteiger partial charge < -0.3 is 0 Å². The van der Waals surface area contributed by atoms with E-state index in [-0.39, 0.29) is 0 Å². The Labute approximate surface area is 173 Å². The molecule has 0 radical (unpaired) electrons. The van der Waals surface area contributed by atoms with Crippen LogP contribution in [-0.2, 0) is 6.42 Å². The summed E-state index contributed by atoms with van der Waals surface area (Å²) in [5.74, 6) is 2.34. The van der Waals surface area contributed by atoms with Gasteiger partial charge in [0, 0.05) is 18.0 Å². The molecular weight excluding hydrogens is 375 g/mol. The van der Waals surface area contributed by atoms with Crippen molar-refractivity contribution in [1.82, 2.24) is 9.97 Å². The molecule has 0 amide bonds. The van der Waals surface area contributed by atoms with Gasteiger partial charge in [-0.25, -0.2) is 9.97 Å². The second-order valence-corrected chi connectivity index (χ2v) is 8.39. The Morgan fingerprint density at radius 2 is 1.78 bits per heavy atom. The predicted molar refractivity (Wildman–Crippen MR) is 115 cm³/mol. The zero-order valence-corrected chi connectivity index (χ0v) is 17.5. The van der Waals surface area contributed by atoms with Crippen molar-refractivity contribution in [1.29, 1.82) is 0 Å². The van der Waals surface area contributed by atoms with Crippen LogP contribution in [0.15, 0.2) is 42.7 Å². The van der Waals surface area contributed by atoms with Crippen molar-refractivity contribution in [3.05, 3.63) is 58.4 Å². The lowest BCUT2D eigenvalue weighted by molar-refractivity contribution is 0.296. The summed E-state index contributed by atoms with van der Waals surface area (Å²) in [5.41, 5.74) is 2.11. The Bertz CT molecular complexity index is 747. The van der Waals surface area contributed by atoms with E-state index in [0.29, 0.717) is 15.9 Å². The zero-order valence-electron chi connectivity index (χ0n) is 16.0. The van der Waals surface area contributed by atoms with Crippen molar-refractivity contribution >= 4 is 23.2 Å². The lowest BCUT2D eigenvalue weighted by Crippen LogP contribution is -2.13. The first-order valence-electron chi connectivity index (χ1n) is 10.1. The van der Waals surface area contributed by atoms with Crippen LogP contribution >= 0.6 is 23.2 Å². The van der Waals surface area contributed by atoms with E-state index >= 15 is 0 Å². The van der Waals surface area contributed by atoms with Gasteiger partial charge in [-0.2, -0.15) is 0 Å². The largest absolute Gasteiger partial charge is 0.236 e. The zero-order chi connectivity index (χ0) is 19.1. The number of aryl methyl sites for hydroxylation is 1. The number of unbranched alkanes of at least 4 members (excludes halogenated alkanes) is 1. The number of benzene rings is 1. The summed E-state index contributed by atoms with van der Waals surface area (Å²) >= 11 is 12.1. The molecule has 2 aromatic rings. The average molecular weight is 403 g/mol. The number of halogens is 2. The molecule has 0 N–H and O–H groups in total. The molecule has 0 spiro atoms. The second kappa shape index (κ2) is 10.2. The van der Waals surface area contributed by atoms with E-state index in [1.807, 2.05) is 24.5 Å². The summed E-state index contributed by atoms with van der Waals surface area (Å²) in [5, 5.41) is 1.08. The molecule has 2 nitrogen and oxygen atoms in total. The van der Waals surface area contributed by atoms with Gasteiger partial charge >= 0.3 is 0 Å². The van der Waals surface area contributed by atoms with Crippen LogP contribution in [-0.4, -0.2) is 9.97 Å². The van der Waals surface area contributed by atoms with Crippen molar-refractivity contribution in [2.24, 2.45) is 11.8 Å². The fourth-order valence-corrected chi connectivity index (χ4v) is 4.06. The standard InChI is InChI=1S/C23H28Cl2N2/c1-2-3-4-5-17-6-8-18(9-7-17)10-11-19-15-26-23(27-16-19)20-12-13-21(24)22(25)14-20/h4-5,12-18H,2-3,6-11H2,1H3/b5-4+. The first kappa shape index (κ1) is 20.4. The van der Waals surface area contributed by atoms with Gasteiger partial charge in [-0.15, -0.1) is 0 Å². The van der Waals surface area contributed by atoms with E-state index in [1.54, 1.807) is 6.07 Å². The summed E-state index contributed by atoms with van der Waals surface area (Å²) in [6.07, 6.45) is 18.9. The summed E-state index contributed by atoms with van der Waals surface area (Å²) in [6, 6.07) is 5.49. The molecule has 1 heterocycles. The molecule has 3 rings (SSSR count). The number of rotatable bonds is 7. The molecule has 0 bridgehead atoms. The minimum absolute atomic E-state index is 0.530. The number of hydrogen-bond donors (Lipinski definition) is 0. The quantitative estimate of drug-likeness (QED) is 0.446. The summed E-state index contributed by atoms with van der Waals surface area (Å²) in [6.45, 7) is 2.24. The third-order valence-corrected chi connectivity index (χ3v) is 6.22.